The number of hydrogen-bond donors (Lipinski definition) is 0. The second-order valence-electron chi connectivity index (χ2n) is 8.83. The number of hydrogen-bond acceptors (Lipinski definition) is 7. The van der Waals surface area contributed by atoms with Gasteiger partial charge in [-0.15, -0.1) is 10.2 Å². The molecule has 1 aromatic carbocycles. The van der Waals surface area contributed by atoms with E-state index in [0.29, 0.717) is 18.4 Å². The standard InChI is InChI=1S/C24H29N5O2S/c1-17-13-18(2)15-28(14-17)23-26-27-24(29(23)16-19-7-5-11-30-19)32-12-6-10-22-25-20-8-3-4-9-21(20)31-22/h3-5,7-9,11,17-18H,6,10,12-16H2,1-2H3/t17-,18-/m0/s1. The van der Waals surface area contributed by atoms with Gasteiger partial charge in [-0.25, -0.2) is 4.98 Å². The zero-order valence-corrected chi connectivity index (χ0v) is 19.4. The van der Waals surface area contributed by atoms with Crippen molar-refractivity contribution in [1.82, 2.24) is 19.7 Å². The van der Waals surface area contributed by atoms with E-state index >= 15 is 0 Å². The fourth-order valence-corrected chi connectivity index (χ4v) is 5.43. The molecule has 2 atom stereocenters. The molecule has 0 spiro atoms. The second kappa shape index (κ2) is 9.40. The number of furan rings is 1. The number of aromatic nitrogens is 4. The summed E-state index contributed by atoms with van der Waals surface area (Å²) in [7, 11) is 0. The van der Waals surface area contributed by atoms with Gasteiger partial charge >= 0.3 is 0 Å². The molecule has 0 amide bonds. The number of rotatable bonds is 8. The van der Waals surface area contributed by atoms with Crippen LogP contribution in [0.25, 0.3) is 11.1 Å². The molecule has 1 aliphatic heterocycles. The third-order valence-corrected chi connectivity index (χ3v) is 6.90. The highest BCUT2D eigenvalue weighted by molar-refractivity contribution is 7.99. The van der Waals surface area contributed by atoms with Gasteiger partial charge < -0.3 is 13.7 Å². The Balaban J connectivity index is 1.27. The molecule has 8 heteroatoms. The first-order chi connectivity index (χ1) is 15.7. The van der Waals surface area contributed by atoms with Crippen molar-refractivity contribution in [2.75, 3.05) is 23.7 Å². The van der Waals surface area contributed by atoms with Crippen LogP contribution in [-0.2, 0) is 13.0 Å². The van der Waals surface area contributed by atoms with E-state index in [9.17, 15) is 0 Å². The number of aryl methyl sites for hydroxylation is 1. The van der Waals surface area contributed by atoms with Crippen LogP contribution in [0.2, 0.25) is 0 Å². The molecular formula is C24H29N5O2S. The minimum Gasteiger partial charge on any atom is -0.467 e. The maximum atomic E-state index is 5.85. The molecule has 5 rings (SSSR count). The molecule has 1 aliphatic rings. The average Bonchev–Trinajstić information content (AvgIpc) is 3.51. The first-order valence-corrected chi connectivity index (χ1v) is 12.3. The van der Waals surface area contributed by atoms with Crippen molar-refractivity contribution in [2.24, 2.45) is 11.8 Å². The summed E-state index contributed by atoms with van der Waals surface area (Å²) in [5.74, 6) is 4.88. The Bertz CT molecular complexity index is 1110. The van der Waals surface area contributed by atoms with Crippen molar-refractivity contribution < 1.29 is 8.83 Å². The summed E-state index contributed by atoms with van der Waals surface area (Å²) in [5, 5.41) is 10.1. The van der Waals surface area contributed by atoms with Crippen molar-refractivity contribution in [3.05, 3.63) is 54.3 Å². The Morgan fingerprint density at radius 3 is 2.69 bits per heavy atom. The highest BCUT2D eigenvalue weighted by Gasteiger charge is 2.27. The topological polar surface area (TPSA) is 73.1 Å². The van der Waals surface area contributed by atoms with Gasteiger partial charge in [-0.2, -0.15) is 0 Å². The average molecular weight is 452 g/mol. The lowest BCUT2D eigenvalue weighted by atomic mass is 9.92. The SMILES string of the molecule is C[C@H]1C[C@H](C)CN(c2nnc(SCCCc3nc4ccccc4o3)n2Cc2ccco2)C1. The van der Waals surface area contributed by atoms with Gasteiger partial charge in [-0.3, -0.25) is 4.57 Å². The van der Waals surface area contributed by atoms with Crippen LogP contribution in [0.1, 0.15) is 38.3 Å². The number of anilines is 1. The third kappa shape index (κ3) is 4.70. The molecule has 0 saturated carbocycles. The van der Waals surface area contributed by atoms with E-state index in [-0.39, 0.29) is 0 Å². The highest BCUT2D eigenvalue weighted by atomic mass is 32.2. The van der Waals surface area contributed by atoms with Crippen molar-refractivity contribution in [1.29, 1.82) is 0 Å². The second-order valence-corrected chi connectivity index (χ2v) is 9.89. The molecule has 0 bridgehead atoms. The first-order valence-electron chi connectivity index (χ1n) is 11.3. The van der Waals surface area contributed by atoms with Crippen molar-refractivity contribution in [3.63, 3.8) is 0 Å². The Morgan fingerprint density at radius 2 is 1.91 bits per heavy atom. The number of para-hydroxylation sites is 2. The van der Waals surface area contributed by atoms with Crippen LogP contribution >= 0.6 is 11.8 Å². The normalized spacial score (nSPS) is 19.1. The molecule has 0 unspecified atom stereocenters. The minimum absolute atomic E-state index is 0.641. The highest BCUT2D eigenvalue weighted by Crippen LogP contribution is 2.29. The molecule has 3 aromatic heterocycles. The van der Waals surface area contributed by atoms with E-state index in [2.05, 4.69) is 38.5 Å². The molecule has 4 aromatic rings. The smallest absolute Gasteiger partial charge is 0.228 e. The van der Waals surface area contributed by atoms with Gasteiger partial charge in [0.2, 0.25) is 5.95 Å². The number of benzene rings is 1. The molecule has 0 aliphatic carbocycles. The Hall–Kier alpha value is -2.74. The maximum Gasteiger partial charge on any atom is 0.228 e. The van der Waals surface area contributed by atoms with Crippen LogP contribution in [0, 0.1) is 11.8 Å². The molecule has 32 heavy (non-hydrogen) atoms. The first kappa shape index (κ1) is 21.1. The van der Waals surface area contributed by atoms with Gasteiger partial charge in [-0.1, -0.05) is 37.7 Å². The molecule has 168 valence electrons. The maximum absolute atomic E-state index is 5.85. The largest absolute Gasteiger partial charge is 0.467 e. The van der Waals surface area contributed by atoms with E-state index in [1.165, 1.54) is 6.42 Å². The zero-order valence-electron chi connectivity index (χ0n) is 18.6. The number of piperidine rings is 1. The number of nitrogens with zero attached hydrogens (tertiary/aromatic N) is 5. The van der Waals surface area contributed by atoms with Gasteiger partial charge in [0, 0.05) is 25.3 Å². The zero-order chi connectivity index (χ0) is 21.9. The van der Waals surface area contributed by atoms with E-state index in [1.807, 2.05) is 36.4 Å². The summed E-state index contributed by atoms with van der Waals surface area (Å²) in [6, 6.07) is 11.8. The van der Waals surface area contributed by atoms with Crippen LogP contribution < -0.4 is 4.90 Å². The van der Waals surface area contributed by atoms with Crippen molar-refractivity contribution >= 4 is 28.8 Å². The summed E-state index contributed by atoms with van der Waals surface area (Å²) in [4.78, 5) is 6.96. The van der Waals surface area contributed by atoms with Crippen LogP contribution in [0.3, 0.4) is 0 Å². The Morgan fingerprint density at radius 1 is 1.06 bits per heavy atom. The molecular weight excluding hydrogens is 422 g/mol. The summed E-state index contributed by atoms with van der Waals surface area (Å²) in [6.45, 7) is 7.31. The quantitative estimate of drug-likeness (QED) is 0.267. The van der Waals surface area contributed by atoms with Crippen LogP contribution in [0.5, 0.6) is 0 Å². The fourth-order valence-electron chi connectivity index (χ4n) is 4.56. The van der Waals surface area contributed by atoms with Crippen LogP contribution in [0.4, 0.5) is 5.95 Å². The van der Waals surface area contributed by atoms with Gasteiger partial charge in [0.15, 0.2) is 16.6 Å². The van der Waals surface area contributed by atoms with Gasteiger partial charge in [0.1, 0.15) is 11.3 Å². The number of oxazole rings is 1. The predicted molar refractivity (Wildman–Crippen MR) is 126 cm³/mol. The molecule has 0 radical (unpaired) electrons. The van der Waals surface area contributed by atoms with Gasteiger partial charge in [0.25, 0.3) is 0 Å². The predicted octanol–water partition coefficient (Wildman–Crippen LogP) is 5.27. The summed E-state index contributed by atoms with van der Waals surface area (Å²) < 4.78 is 13.7. The molecule has 1 saturated heterocycles. The van der Waals surface area contributed by atoms with E-state index in [1.54, 1.807) is 18.0 Å². The third-order valence-electron chi connectivity index (χ3n) is 5.85. The van der Waals surface area contributed by atoms with E-state index in [4.69, 9.17) is 8.83 Å². The Kier molecular flexibility index (Phi) is 6.21. The number of thioether (sulfide) groups is 1. The van der Waals surface area contributed by atoms with Crippen LogP contribution in [0.15, 0.2) is 56.7 Å². The van der Waals surface area contributed by atoms with Crippen LogP contribution in [-0.4, -0.2) is 38.6 Å². The summed E-state index contributed by atoms with van der Waals surface area (Å²) in [6.07, 6.45) is 4.75. The summed E-state index contributed by atoms with van der Waals surface area (Å²) in [5.41, 5.74) is 1.77. The Labute approximate surface area is 192 Å². The van der Waals surface area contributed by atoms with Crippen molar-refractivity contribution in [2.45, 2.75) is 44.8 Å². The minimum atomic E-state index is 0.641. The number of fused-ring (bicyclic) bond motifs is 1. The van der Waals surface area contributed by atoms with Crippen molar-refractivity contribution in [3.8, 4) is 0 Å². The fraction of sp³-hybridized carbons (Fsp3) is 0.458. The van der Waals surface area contributed by atoms with E-state index < -0.39 is 0 Å². The monoisotopic (exact) mass is 451 g/mol. The van der Waals surface area contributed by atoms with Gasteiger partial charge in [0.05, 0.1) is 12.8 Å². The molecule has 4 heterocycles. The lowest BCUT2D eigenvalue weighted by Gasteiger charge is -2.35. The van der Waals surface area contributed by atoms with E-state index in [0.717, 1.165) is 65.5 Å². The molecule has 1 fully saturated rings. The molecule has 7 nitrogen and oxygen atoms in total. The lowest BCUT2D eigenvalue weighted by Crippen LogP contribution is -2.40. The summed E-state index contributed by atoms with van der Waals surface area (Å²) >= 11 is 1.73. The lowest BCUT2D eigenvalue weighted by molar-refractivity contribution is 0.350. The molecule has 0 N–H and O–H groups in total. The van der Waals surface area contributed by atoms with Gasteiger partial charge in [-0.05, 0) is 48.9 Å².